The SMILES string of the molecule is CCN(CC)C(C)CNC(=O)c1ccc(F)cc1I. The summed E-state index contributed by atoms with van der Waals surface area (Å²) in [5.41, 5.74) is 0.522. The van der Waals surface area contributed by atoms with Crippen LogP contribution in [-0.4, -0.2) is 36.5 Å². The third-order valence-electron chi connectivity index (χ3n) is 3.17. The number of halogens is 2. The molecule has 0 heterocycles. The first-order valence-electron chi connectivity index (χ1n) is 6.46. The molecule has 5 heteroatoms. The molecule has 1 aromatic carbocycles. The fourth-order valence-electron chi connectivity index (χ4n) is 1.99. The van der Waals surface area contributed by atoms with Gasteiger partial charge in [-0.15, -0.1) is 0 Å². The molecule has 0 bridgehead atoms. The van der Waals surface area contributed by atoms with Gasteiger partial charge in [-0.05, 0) is 60.8 Å². The Hall–Kier alpha value is -0.690. The molecule has 0 saturated carbocycles. The van der Waals surface area contributed by atoms with Crippen molar-refractivity contribution in [2.75, 3.05) is 19.6 Å². The van der Waals surface area contributed by atoms with Crippen LogP contribution in [0.2, 0.25) is 0 Å². The van der Waals surface area contributed by atoms with Gasteiger partial charge in [0.1, 0.15) is 5.82 Å². The molecule has 0 aromatic heterocycles. The second-order valence-electron chi connectivity index (χ2n) is 4.40. The minimum absolute atomic E-state index is 0.150. The third-order valence-corrected chi connectivity index (χ3v) is 4.06. The van der Waals surface area contributed by atoms with Crippen LogP contribution in [0.25, 0.3) is 0 Å². The monoisotopic (exact) mass is 378 g/mol. The quantitative estimate of drug-likeness (QED) is 0.773. The van der Waals surface area contributed by atoms with E-state index >= 15 is 0 Å². The van der Waals surface area contributed by atoms with Gasteiger partial charge in [0.2, 0.25) is 0 Å². The van der Waals surface area contributed by atoms with Gasteiger partial charge in [-0.3, -0.25) is 9.69 Å². The van der Waals surface area contributed by atoms with Crippen molar-refractivity contribution in [2.24, 2.45) is 0 Å². The van der Waals surface area contributed by atoms with Crippen molar-refractivity contribution >= 4 is 28.5 Å². The highest BCUT2D eigenvalue weighted by Gasteiger charge is 2.14. The summed E-state index contributed by atoms with van der Waals surface area (Å²) in [6, 6.07) is 4.49. The largest absolute Gasteiger partial charge is 0.350 e. The Morgan fingerprint density at radius 2 is 2.05 bits per heavy atom. The zero-order chi connectivity index (χ0) is 14.4. The Labute approximate surface area is 127 Å². The maximum Gasteiger partial charge on any atom is 0.252 e. The van der Waals surface area contributed by atoms with Crippen LogP contribution in [-0.2, 0) is 0 Å². The number of nitrogens with one attached hydrogen (secondary N) is 1. The topological polar surface area (TPSA) is 32.3 Å². The molecule has 1 amide bonds. The van der Waals surface area contributed by atoms with Crippen LogP contribution in [0.5, 0.6) is 0 Å². The lowest BCUT2D eigenvalue weighted by Crippen LogP contribution is -2.42. The van der Waals surface area contributed by atoms with Crippen molar-refractivity contribution in [1.29, 1.82) is 0 Å². The highest BCUT2D eigenvalue weighted by Crippen LogP contribution is 2.13. The van der Waals surface area contributed by atoms with Gasteiger partial charge in [-0.1, -0.05) is 13.8 Å². The molecule has 1 rings (SSSR count). The molecule has 0 fully saturated rings. The van der Waals surface area contributed by atoms with E-state index in [1.165, 1.54) is 18.2 Å². The summed E-state index contributed by atoms with van der Waals surface area (Å²) in [5, 5.41) is 2.90. The van der Waals surface area contributed by atoms with E-state index in [1.807, 2.05) is 22.6 Å². The van der Waals surface area contributed by atoms with Crippen molar-refractivity contribution in [1.82, 2.24) is 10.2 Å². The molecule has 0 radical (unpaired) electrons. The molecule has 0 spiro atoms. The zero-order valence-electron chi connectivity index (χ0n) is 11.5. The smallest absolute Gasteiger partial charge is 0.252 e. The minimum atomic E-state index is -0.322. The Bertz CT molecular complexity index is 435. The van der Waals surface area contributed by atoms with Gasteiger partial charge in [0.15, 0.2) is 0 Å². The summed E-state index contributed by atoms with van der Waals surface area (Å²) in [4.78, 5) is 14.3. The summed E-state index contributed by atoms with van der Waals surface area (Å²) in [5.74, 6) is -0.471. The zero-order valence-corrected chi connectivity index (χ0v) is 13.7. The maximum absolute atomic E-state index is 13.0. The van der Waals surface area contributed by atoms with Crippen molar-refractivity contribution in [3.63, 3.8) is 0 Å². The molecule has 0 saturated heterocycles. The standard InChI is InChI=1S/C14H20FIN2O/c1-4-18(5-2)10(3)9-17-14(19)12-7-6-11(15)8-13(12)16/h6-8,10H,4-5,9H2,1-3H3,(H,17,19). The summed E-state index contributed by atoms with van der Waals surface area (Å²) >= 11 is 1.98. The van der Waals surface area contributed by atoms with Crippen LogP contribution in [0.15, 0.2) is 18.2 Å². The van der Waals surface area contributed by atoms with Crippen molar-refractivity contribution in [3.05, 3.63) is 33.1 Å². The first-order valence-corrected chi connectivity index (χ1v) is 7.54. The van der Waals surface area contributed by atoms with Gasteiger partial charge in [0, 0.05) is 16.2 Å². The molecule has 0 aliphatic rings. The van der Waals surface area contributed by atoms with Crippen LogP contribution in [0, 0.1) is 9.39 Å². The fraction of sp³-hybridized carbons (Fsp3) is 0.500. The highest BCUT2D eigenvalue weighted by molar-refractivity contribution is 14.1. The van der Waals surface area contributed by atoms with Gasteiger partial charge in [-0.2, -0.15) is 0 Å². The molecule has 1 unspecified atom stereocenters. The number of likely N-dealkylation sites (N-methyl/N-ethyl adjacent to an activating group) is 1. The number of carbonyl (C=O) groups is 1. The lowest BCUT2D eigenvalue weighted by atomic mass is 10.2. The molecule has 1 N–H and O–H groups in total. The Morgan fingerprint density at radius 1 is 1.42 bits per heavy atom. The van der Waals surface area contributed by atoms with Crippen LogP contribution in [0.1, 0.15) is 31.1 Å². The van der Waals surface area contributed by atoms with E-state index in [-0.39, 0.29) is 17.8 Å². The second kappa shape index (κ2) is 7.79. The third kappa shape index (κ3) is 4.72. The Balaban J connectivity index is 2.60. The van der Waals surface area contributed by atoms with E-state index < -0.39 is 0 Å². The molecule has 3 nitrogen and oxygen atoms in total. The van der Waals surface area contributed by atoms with Gasteiger partial charge in [-0.25, -0.2) is 4.39 Å². The molecule has 106 valence electrons. The van der Waals surface area contributed by atoms with Crippen molar-refractivity contribution in [2.45, 2.75) is 26.8 Å². The first-order chi connectivity index (χ1) is 8.99. The van der Waals surface area contributed by atoms with Gasteiger partial charge in [0.25, 0.3) is 5.91 Å². The molecule has 0 aliphatic heterocycles. The molecule has 0 aliphatic carbocycles. The van der Waals surface area contributed by atoms with E-state index in [1.54, 1.807) is 0 Å². The Morgan fingerprint density at radius 3 is 2.58 bits per heavy atom. The van der Waals surface area contributed by atoms with E-state index in [4.69, 9.17) is 0 Å². The van der Waals surface area contributed by atoms with E-state index in [2.05, 4.69) is 31.0 Å². The van der Waals surface area contributed by atoms with E-state index in [0.717, 1.165) is 13.1 Å². The fourth-order valence-corrected chi connectivity index (χ4v) is 2.71. The normalized spacial score (nSPS) is 12.5. The summed E-state index contributed by atoms with van der Waals surface area (Å²) in [6.07, 6.45) is 0. The highest BCUT2D eigenvalue weighted by atomic mass is 127. The number of nitrogens with zero attached hydrogens (tertiary/aromatic N) is 1. The molecular formula is C14H20FIN2O. The molecule has 19 heavy (non-hydrogen) atoms. The number of carbonyl (C=O) groups excluding carboxylic acids is 1. The van der Waals surface area contributed by atoms with Gasteiger partial charge < -0.3 is 5.32 Å². The van der Waals surface area contributed by atoms with E-state index in [0.29, 0.717) is 15.7 Å². The average molecular weight is 378 g/mol. The predicted octanol–water partition coefficient (Wildman–Crippen LogP) is 2.89. The number of hydrogen-bond donors (Lipinski definition) is 1. The summed E-state index contributed by atoms with van der Waals surface area (Å²) in [6.45, 7) is 8.80. The second-order valence-corrected chi connectivity index (χ2v) is 5.57. The van der Waals surface area contributed by atoms with Crippen LogP contribution in [0.3, 0.4) is 0 Å². The predicted molar refractivity (Wildman–Crippen MR) is 83.8 cm³/mol. The first kappa shape index (κ1) is 16.4. The summed E-state index contributed by atoms with van der Waals surface area (Å²) in [7, 11) is 0. The number of benzene rings is 1. The average Bonchev–Trinajstić information content (AvgIpc) is 2.37. The van der Waals surface area contributed by atoms with Gasteiger partial charge in [0.05, 0.1) is 5.56 Å². The maximum atomic E-state index is 13.0. The summed E-state index contributed by atoms with van der Waals surface area (Å²) < 4.78 is 13.6. The van der Waals surface area contributed by atoms with Crippen LogP contribution in [0.4, 0.5) is 4.39 Å². The lowest BCUT2D eigenvalue weighted by molar-refractivity contribution is 0.0937. The lowest BCUT2D eigenvalue weighted by Gasteiger charge is -2.26. The molecular weight excluding hydrogens is 358 g/mol. The van der Waals surface area contributed by atoms with Crippen LogP contribution < -0.4 is 5.32 Å². The van der Waals surface area contributed by atoms with Crippen LogP contribution >= 0.6 is 22.6 Å². The Kier molecular flexibility index (Phi) is 6.71. The molecule has 1 atom stereocenters. The van der Waals surface area contributed by atoms with Crippen molar-refractivity contribution < 1.29 is 9.18 Å². The minimum Gasteiger partial charge on any atom is -0.350 e. The number of rotatable bonds is 6. The van der Waals surface area contributed by atoms with Crippen molar-refractivity contribution in [3.8, 4) is 0 Å². The van der Waals surface area contributed by atoms with E-state index in [9.17, 15) is 9.18 Å². The number of amides is 1. The number of hydrogen-bond acceptors (Lipinski definition) is 2. The molecule has 1 aromatic rings. The van der Waals surface area contributed by atoms with Gasteiger partial charge >= 0.3 is 0 Å².